The quantitative estimate of drug-likeness (QED) is 0.743. The van der Waals surface area contributed by atoms with E-state index in [1.54, 1.807) is 4.90 Å². The number of likely N-dealkylation sites (N-methyl/N-ethyl adjacent to an activating group) is 1. The van der Waals surface area contributed by atoms with Gasteiger partial charge in [-0.05, 0) is 19.9 Å². The molecular weight excluding hydrogens is 298 g/mol. The minimum Gasteiger partial charge on any atom is -0.342 e. The van der Waals surface area contributed by atoms with Crippen LogP contribution in [0.1, 0.15) is 13.8 Å². The predicted octanol–water partition coefficient (Wildman–Crippen LogP) is 2.48. The number of nitrogens with zero attached hydrogens (tertiary/aromatic N) is 3. The third-order valence-corrected chi connectivity index (χ3v) is 4.92. The summed E-state index contributed by atoms with van der Waals surface area (Å²) in [5.74, 6) is -0.0608. The van der Waals surface area contributed by atoms with Crippen molar-refractivity contribution in [1.82, 2.24) is 14.5 Å². The van der Waals surface area contributed by atoms with Crippen molar-refractivity contribution in [2.45, 2.75) is 20.4 Å². The Morgan fingerprint density at radius 2 is 2.00 bits per heavy atom. The van der Waals surface area contributed by atoms with Crippen molar-refractivity contribution in [3.63, 3.8) is 0 Å². The first kappa shape index (κ1) is 14.7. The lowest BCUT2D eigenvalue weighted by Crippen LogP contribution is -2.36. The number of fused-ring (bicyclic) bond motifs is 3. The summed E-state index contributed by atoms with van der Waals surface area (Å²) in [6.45, 7) is 5.18. The Hall–Kier alpha value is -2.21. The van der Waals surface area contributed by atoms with Gasteiger partial charge in [0.2, 0.25) is 5.91 Å². The van der Waals surface area contributed by atoms with Gasteiger partial charge in [-0.2, -0.15) is 0 Å². The van der Waals surface area contributed by atoms with E-state index in [-0.39, 0.29) is 18.0 Å². The highest BCUT2D eigenvalue weighted by Crippen LogP contribution is 2.29. The minimum absolute atomic E-state index is 0.0394. The number of thiophene rings is 1. The van der Waals surface area contributed by atoms with Crippen LogP contribution in [-0.4, -0.2) is 33.4 Å². The molecule has 0 aliphatic rings. The molecule has 114 valence electrons. The molecule has 0 saturated carbocycles. The number of carbonyl (C=O) groups excluding carboxylic acids is 1. The molecule has 2 aromatic heterocycles. The summed E-state index contributed by atoms with van der Waals surface area (Å²) in [5, 5.41) is 0.988. The summed E-state index contributed by atoms with van der Waals surface area (Å²) >= 11 is 1.43. The van der Waals surface area contributed by atoms with Gasteiger partial charge in [0, 0.05) is 23.2 Å². The van der Waals surface area contributed by atoms with Crippen LogP contribution in [0.3, 0.4) is 0 Å². The zero-order valence-electron chi connectivity index (χ0n) is 12.6. The molecule has 1 aromatic carbocycles. The van der Waals surface area contributed by atoms with Gasteiger partial charge in [-0.15, -0.1) is 11.3 Å². The van der Waals surface area contributed by atoms with Gasteiger partial charge in [-0.1, -0.05) is 18.2 Å². The van der Waals surface area contributed by atoms with Gasteiger partial charge >= 0.3 is 0 Å². The van der Waals surface area contributed by atoms with E-state index in [0.717, 1.165) is 15.6 Å². The maximum Gasteiger partial charge on any atom is 0.271 e. The summed E-state index contributed by atoms with van der Waals surface area (Å²) in [6.07, 6.45) is 1.48. The lowest BCUT2D eigenvalue weighted by atomic mass is 10.2. The van der Waals surface area contributed by atoms with Gasteiger partial charge in [-0.25, -0.2) is 4.98 Å². The summed E-state index contributed by atoms with van der Waals surface area (Å²) in [5.41, 5.74) is 0.573. The van der Waals surface area contributed by atoms with E-state index in [2.05, 4.69) is 4.98 Å². The van der Waals surface area contributed by atoms with Gasteiger partial charge in [0.15, 0.2) is 0 Å². The second-order valence-corrected chi connectivity index (χ2v) is 6.07. The average Bonchev–Trinajstić information content (AvgIpc) is 2.91. The number of aromatic nitrogens is 2. The molecule has 22 heavy (non-hydrogen) atoms. The van der Waals surface area contributed by atoms with Crippen molar-refractivity contribution >= 4 is 37.5 Å². The molecule has 0 aliphatic heterocycles. The minimum atomic E-state index is -0.147. The van der Waals surface area contributed by atoms with Gasteiger partial charge in [0.25, 0.3) is 5.56 Å². The van der Waals surface area contributed by atoms with Crippen LogP contribution in [0.25, 0.3) is 20.3 Å². The van der Waals surface area contributed by atoms with E-state index in [0.29, 0.717) is 17.8 Å². The molecule has 0 N–H and O–H groups in total. The Labute approximate surface area is 131 Å². The Bertz CT molecular complexity index is 893. The largest absolute Gasteiger partial charge is 0.342 e. The smallest absolute Gasteiger partial charge is 0.271 e. The van der Waals surface area contributed by atoms with E-state index in [4.69, 9.17) is 0 Å². The number of benzene rings is 1. The maximum atomic E-state index is 12.6. The first-order chi connectivity index (χ1) is 10.7. The molecule has 0 aliphatic carbocycles. The number of hydrogen-bond acceptors (Lipinski definition) is 4. The number of hydrogen-bond donors (Lipinski definition) is 0. The summed E-state index contributed by atoms with van der Waals surface area (Å²) in [7, 11) is 0. The fourth-order valence-electron chi connectivity index (χ4n) is 2.55. The first-order valence-electron chi connectivity index (χ1n) is 7.30. The zero-order chi connectivity index (χ0) is 15.7. The highest BCUT2D eigenvalue weighted by Gasteiger charge is 2.15. The van der Waals surface area contributed by atoms with Crippen molar-refractivity contribution in [2.75, 3.05) is 13.1 Å². The molecule has 0 unspecified atom stereocenters. The molecule has 0 saturated heterocycles. The van der Waals surface area contributed by atoms with Crippen molar-refractivity contribution in [2.24, 2.45) is 0 Å². The topological polar surface area (TPSA) is 55.2 Å². The summed E-state index contributed by atoms with van der Waals surface area (Å²) in [4.78, 5) is 30.9. The Morgan fingerprint density at radius 1 is 1.27 bits per heavy atom. The van der Waals surface area contributed by atoms with E-state index < -0.39 is 0 Å². The van der Waals surface area contributed by atoms with Gasteiger partial charge < -0.3 is 4.90 Å². The molecule has 3 aromatic rings. The molecule has 0 atom stereocenters. The standard InChI is InChI=1S/C16H17N3O2S/c1-3-18(4-2)13(20)9-19-10-17-14-11-7-5-6-8-12(11)22-15(14)16(19)21/h5-8,10H,3-4,9H2,1-2H3. The van der Waals surface area contributed by atoms with E-state index in [1.807, 2.05) is 38.1 Å². The van der Waals surface area contributed by atoms with Crippen LogP contribution in [0.4, 0.5) is 0 Å². The molecule has 2 heterocycles. The number of carbonyl (C=O) groups is 1. The third kappa shape index (κ3) is 2.39. The third-order valence-electron chi connectivity index (χ3n) is 3.77. The molecule has 3 rings (SSSR count). The molecule has 0 radical (unpaired) electrons. The fraction of sp³-hybridized carbons (Fsp3) is 0.312. The van der Waals surface area contributed by atoms with Crippen molar-refractivity contribution in [3.05, 3.63) is 40.9 Å². The Morgan fingerprint density at radius 3 is 2.73 bits per heavy atom. The van der Waals surface area contributed by atoms with Gasteiger partial charge in [0.1, 0.15) is 11.2 Å². The predicted molar refractivity (Wildman–Crippen MR) is 89.3 cm³/mol. The van der Waals surface area contributed by atoms with Crippen LogP contribution < -0.4 is 5.56 Å². The van der Waals surface area contributed by atoms with Crippen LogP contribution in [0.2, 0.25) is 0 Å². The van der Waals surface area contributed by atoms with Crippen molar-refractivity contribution in [1.29, 1.82) is 0 Å². The highest BCUT2D eigenvalue weighted by atomic mass is 32.1. The molecule has 0 fully saturated rings. The van der Waals surface area contributed by atoms with Crippen molar-refractivity contribution < 1.29 is 4.79 Å². The lowest BCUT2D eigenvalue weighted by molar-refractivity contribution is -0.131. The summed E-state index contributed by atoms with van der Waals surface area (Å²) < 4.78 is 3.05. The Kier molecular flexibility index (Phi) is 3.94. The van der Waals surface area contributed by atoms with Crippen LogP contribution in [0.5, 0.6) is 0 Å². The van der Waals surface area contributed by atoms with Gasteiger partial charge in [-0.3, -0.25) is 14.2 Å². The average molecular weight is 315 g/mol. The van der Waals surface area contributed by atoms with Crippen LogP contribution in [-0.2, 0) is 11.3 Å². The molecule has 6 heteroatoms. The van der Waals surface area contributed by atoms with Crippen LogP contribution in [0.15, 0.2) is 35.4 Å². The molecular formula is C16H17N3O2S. The molecule has 0 spiro atoms. The normalized spacial score (nSPS) is 11.2. The summed E-state index contributed by atoms with van der Waals surface area (Å²) in [6, 6.07) is 7.82. The SMILES string of the molecule is CCN(CC)C(=O)Cn1cnc2c(sc3ccccc32)c1=O. The highest BCUT2D eigenvalue weighted by molar-refractivity contribution is 7.25. The fourth-order valence-corrected chi connectivity index (χ4v) is 3.66. The molecule has 5 nitrogen and oxygen atoms in total. The second-order valence-electron chi connectivity index (χ2n) is 5.02. The first-order valence-corrected chi connectivity index (χ1v) is 8.11. The van der Waals surface area contributed by atoms with Crippen molar-refractivity contribution in [3.8, 4) is 0 Å². The van der Waals surface area contributed by atoms with Crippen LogP contribution in [0, 0.1) is 0 Å². The van der Waals surface area contributed by atoms with E-state index >= 15 is 0 Å². The second kappa shape index (κ2) is 5.88. The van der Waals surface area contributed by atoms with E-state index in [1.165, 1.54) is 22.2 Å². The monoisotopic (exact) mass is 315 g/mol. The molecule has 0 bridgehead atoms. The number of rotatable bonds is 4. The maximum absolute atomic E-state index is 12.6. The van der Waals surface area contributed by atoms with E-state index in [9.17, 15) is 9.59 Å². The van der Waals surface area contributed by atoms with Gasteiger partial charge in [0.05, 0.1) is 11.8 Å². The zero-order valence-corrected chi connectivity index (χ0v) is 13.4. The molecule has 1 amide bonds. The Balaban J connectivity index is 2.05. The lowest BCUT2D eigenvalue weighted by Gasteiger charge is -2.18. The van der Waals surface area contributed by atoms with Crippen LogP contribution >= 0.6 is 11.3 Å². The number of amides is 1.